The molecule has 0 radical (unpaired) electrons. The third-order valence-electron chi connectivity index (χ3n) is 4.38. The van der Waals surface area contributed by atoms with E-state index in [0.717, 1.165) is 28.0 Å². The molecular weight excluding hydrogens is 332 g/mol. The summed E-state index contributed by atoms with van der Waals surface area (Å²) >= 11 is 0. The minimum atomic E-state index is 0.688. The summed E-state index contributed by atoms with van der Waals surface area (Å²) in [4.78, 5) is 9.58. The van der Waals surface area contributed by atoms with Gasteiger partial charge in [0, 0.05) is 6.42 Å². The first-order valence-corrected chi connectivity index (χ1v) is 8.95. The minimum absolute atomic E-state index is 0.688. The number of hydrogen-bond donors (Lipinski definition) is 1. The van der Waals surface area contributed by atoms with Crippen LogP contribution in [0.3, 0.4) is 0 Å². The maximum atomic E-state index is 4.83. The Morgan fingerprint density at radius 1 is 0.778 bits per heavy atom. The van der Waals surface area contributed by atoms with Gasteiger partial charge in [0.2, 0.25) is 0 Å². The van der Waals surface area contributed by atoms with E-state index in [1.54, 1.807) is 0 Å². The second-order valence-corrected chi connectivity index (χ2v) is 6.35. The van der Waals surface area contributed by atoms with E-state index >= 15 is 0 Å². The van der Waals surface area contributed by atoms with E-state index in [9.17, 15) is 0 Å². The first-order valence-electron chi connectivity index (χ1n) is 8.95. The average molecular weight is 352 g/mol. The van der Waals surface area contributed by atoms with Crippen molar-refractivity contribution < 1.29 is 0 Å². The molecule has 132 valence electrons. The van der Waals surface area contributed by atoms with Crippen molar-refractivity contribution >= 4 is 22.6 Å². The molecule has 0 aliphatic heterocycles. The summed E-state index contributed by atoms with van der Waals surface area (Å²) in [7, 11) is 0. The molecular formula is C23H20N4. The summed E-state index contributed by atoms with van der Waals surface area (Å²) < 4.78 is 0. The number of benzene rings is 3. The zero-order valence-corrected chi connectivity index (χ0v) is 15.1. The first-order chi connectivity index (χ1) is 13.3. The lowest BCUT2D eigenvalue weighted by atomic mass is 10.1. The lowest BCUT2D eigenvalue weighted by Crippen LogP contribution is -2.06. The third-order valence-corrected chi connectivity index (χ3v) is 4.38. The monoisotopic (exact) mass is 352 g/mol. The SMILES string of the molecule is C/C(=N/Nc1nc2ccccc2nc1Cc1ccccc1)c1ccccc1. The number of hydrazone groups is 1. The van der Waals surface area contributed by atoms with Gasteiger partial charge < -0.3 is 0 Å². The van der Waals surface area contributed by atoms with Gasteiger partial charge in [-0.1, -0.05) is 72.8 Å². The van der Waals surface area contributed by atoms with Crippen LogP contribution in [-0.4, -0.2) is 15.7 Å². The number of rotatable bonds is 5. The average Bonchev–Trinajstić information content (AvgIpc) is 2.73. The number of nitrogens with one attached hydrogen (secondary N) is 1. The summed E-state index contributed by atoms with van der Waals surface area (Å²) in [5.41, 5.74) is 8.92. The Bertz CT molecular complexity index is 1070. The van der Waals surface area contributed by atoms with Crippen molar-refractivity contribution in [2.45, 2.75) is 13.3 Å². The molecule has 0 aliphatic carbocycles. The number of aromatic nitrogens is 2. The largest absolute Gasteiger partial charge is 0.260 e. The zero-order valence-electron chi connectivity index (χ0n) is 15.1. The molecule has 0 unspecified atom stereocenters. The summed E-state index contributed by atoms with van der Waals surface area (Å²) in [6, 6.07) is 28.3. The third kappa shape index (κ3) is 4.01. The molecule has 4 nitrogen and oxygen atoms in total. The molecule has 1 aromatic heterocycles. The van der Waals surface area contributed by atoms with Gasteiger partial charge in [0.1, 0.15) is 0 Å². The van der Waals surface area contributed by atoms with E-state index < -0.39 is 0 Å². The number of para-hydroxylation sites is 2. The molecule has 4 aromatic rings. The van der Waals surface area contributed by atoms with Gasteiger partial charge in [0.15, 0.2) is 5.82 Å². The Hall–Kier alpha value is -3.53. The normalized spacial score (nSPS) is 11.5. The number of fused-ring (bicyclic) bond motifs is 1. The molecule has 3 aromatic carbocycles. The molecule has 1 heterocycles. The van der Waals surface area contributed by atoms with Crippen molar-refractivity contribution in [2.75, 3.05) is 5.43 Å². The molecule has 0 saturated heterocycles. The molecule has 0 aliphatic rings. The first kappa shape index (κ1) is 16.9. The Morgan fingerprint density at radius 3 is 2.07 bits per heavy atom. The highest BCUT2D eigenvalue weighted by molar-refractivity contribution is 5.99. The predicted molar refractivity (Wildman–Crippen MR) is 111 cm³/mol. The molecule has 4 rings (SSSR count). The fraction of sp³-hybridized carbons (Fsp3) is 0.0870. The van der Waals surface area contributed by atoms with Crippen molar-refractivity contribution in [3.63, 3.8) is 0 Å². The highest BCUT2D eigenvalue weighted by atomic mass is 15.3. The number of hydrogen-bond acceptors (Lipinski definition) is 4. The van der Waals surface area contributed by atoms with Crippen molar-refractivity contribution in [3.05, 3.63) is 102 Å². The van der Waals surface area contributed by atoms with E-state index in [1.165, 1.54) is 5.56 Å². The lowest BCUT2D eigenvalue weighted by molar-refractivity contribution is 1.05. The van der Waals surface area contributed by atoms with Crippen LogP contribution >= 0.6 is 0 Å². The van der Waals surface area contributed by atoms with E-state index in [-0.39, 0.29) is 0 Å². The standard InChI is InChI=1S/C23H20N4/c1-17(19-12-6-3-7-13-19)26-27-23-22(16-18-10-4-2-5-11-18)24-20-14-8-9-15-21(20)25-23/h2-15H,16H2,1H3,(H,25,27)/b26-17-. The maximum Gasteiger partial charge on any atom is 0.169 e. The molecule has 0 bridgehead atoms. The van der Waals surface area contributed by atoms with Gasteiger partial charge in [-0.15, -0.1) is 0 Å². The fourth-order valence-electron chi connectivity index (χ4n) is 2.92. The highest BCUT2D eigenvalue weighted by Crippen LogP contribution is 2.20. The van der Waals surface area contributed by atoms with E-state index in [2.05, 4.69) is 22.7 Å². The summed E-state index contributed by atoms with van der Waals surface area (Å²) in [6.45, 7) is 1.98. The molecule has 27 heavy (non-hydrogen) atoms. The molecule has 4 heteroatoms. The van der Waals surface area contributed by atoms with Gasteiger partial charge in [0.25, 0.3) is 0 Å². The molecule has 0 amide bonds. The topological polar surface area (TPSA) is 50.2 Å². The number of nitrogens with zero attached hydrogens (tertiary/aromatic N) is 3. The van der Waals surface area contributed by atoms with Crippen LogP contribution in [0.4, 0.5) is 5.82 Å². The van der Waals surface area contributed by atoms with Gasteiger partial charge in [-0.2, -0.15) is 5.10 Å². The van der Waals surface area contributed by atoms with Crippen molar-refractivity contribution in [1.82, 2.24) is 9.97 Å². The van der Waals surface area contributed by atoms with Gasteiger partial charge in [-0.05, 0) is 30.2 Å². The Balaban J connectivity index is 1.70. The molecule has 1 N–H and O–H groups in total. The summed E-state index contributed by atoms with van der Waals surface area (Å²) in [5.74, 6) is 0.688. The van der Waals surface area contributed by atoms with Crippen LogP contribution in [0.25, 0.3) is 11.0 Å². The summed E-state index contributed by atoms with van der Waals surface area (Å²) in [5, 5.41) is 4.54. The van der Waals surface area contributed by atoms with Crippen LogP contribution in [0, 0.1) is 0 Å². The van der Waals surface area contributed by atoms with E-state index in [4.69, 9.17) is 9.97 Å². The number of anilines is 1. The predicted octanol–water partition coefficient (Wildman–Crippen LogP) is 5.06. The highest BCUT2D eigenvalue weighted by Gasteiger charge is 2.10. The van der Waals surface area contributed by atoms with Gasteiger partial charge in [0.05, 0.1) is 22.4 Å². The second kappa shape index (κ2) is 7.79. The fourth-order valence-corrected chi connectivity index (χ4v) is 2.92. The second-order valence-electron chi connectivity index (χ2n) is 6.35. The van der Waals surface area contributed by atoms with Crippen LogP contribution in [0.1, 0.15) is 23.7 Å². The van der Waals surface area contributed by atoms with Crippen LogP contribution < -0.4 is 5.43 Å². The smallest absolute Gasteiger partial charge is 0.169 e. The quantitative estimate of drug-likeness (QED) is 0.403. The van der Waals surface area contributed by atoms with Crippen LogP contribution in [0.15, 0.2) is 90.0 Å². The Morgan fingerprint density at radius 2 is 1.37 bits per heavy atom. The van der Waals surface area contributed by atoms with Gasteiger partial charge >= 0.3 is 0 Å². The van der Waals surface area contributed by atoms with Crippen molar-refractivity contribution in [1.29, 1.82) is 0 Å². The molecule has 0 fully saturated rings. The van der Waals surface area contributed by atoms with Crippen molar-refractivity contribution in [3.8, 4) is 0 Å². The Labute approximate surface area is 158 Å². The van der Waals surface area contributed by atoms with Gasteiger partial charge in [-0.3, -0.25) is 5.43 Å². The van der Waals surface area contributed by atoms with Crippen LogP contribution in [0.5, 0.6) is 0 Å². The van der Waals surface area contributed by atoms with Crippen LogP contribution in [-0.2, 0) is 6.42 Å². The molecule has 0 spiro atoms. The maximum absolute atomic E-state index is 4.83. The van der Waals surface area contributed by atoms with E-state index in [0.29, 0.717) is 12.2 Å². The van der Waals surface area contributed by atoms with Crippen LogP contribution in [0.2, 0.25) is 0 Å². The Kier molecular flexibility index (Phi) is 4.88. The van der Waals surface area contributed by atoms with Gasteiger partial charge in [-0.25, -0.2) is 9.97 Å². The molecule has 0 saturated carbocycles. The van der Waals surface area contributed by atoms with E-state index in [1.807, 2.05) is 79.7 Å². The lowest BCUT2D eigenvalue weighted by Gasteiger charge is -2.10. The van der Waals surface area contributed by atoms with Crippen molar-refractivity contribution in [2.24, 2.45) is 5.10 Å². The zero-order chi connectivity index (χ0) is 18.5. The minimum Gasteiger partial charge on any atom is -0.260 e. The summed E-state index contributed by atoms with van der Waals surface area (Å²) in [6.07, 6.45) is 0.695. The molecule has 0 atom stereocenters.